The van der Waals surface area contributed by atoms with Crippen LogP contribution in [0.1, 0.15) is 223 Å². The van der Waals surface area contributed by atoms with Gasteiger partial charge in [0.25, 0.3) is 0 Å². The highest BCUT2D eigenvalue weighted by atomic mass is 16.5. The Bertz CT molecular complexity index is 6010. The molecule has 25 heteroatoms. The first-order chi connectivity index (χ1) is 49.7. The van der Waals surface area contributed by atoms with Crippen LogP contribution in [0.5, 0.6) is 5.75 Å². The highest BCUT2D eigenvalue weighted by Crippen LogP contribution is 2.57. The lowest BCUT2D eigenvalue weighted by Gasteiger charge is -2.02. The Morgan fingerprint density at radius 1 is 0.369 bits per heavy atom. The molecule has 8 atom stereocenters. The van der Waals surface area contributed by atoms with Crippen LogP contribution in [0.25, 0.3) is 45.2 Å². The van der Waals surface area contributed by atoms with Crippen LogP contribution < -0.4 is 4.74 Å². The second kappa shape index (κ2) is 23.9. The zero-order valence-corrected chi connectivity index (χ0v) is 60.8. The predicted molar refractivity (Wildman–Crippen MR) is 389 cm³/mol. The van der Waals surface area contributed by atoms with Crippen molar-refractivity contribution in [1.29, 1.82) is 0 Å². The molecule has 21 rings (SSSR count). The van der Waals surface area contributed by atoms with Crippen LogP contribution in [0.4, 0.5) is 0 Å². The normalized spacial score (nSPS) is 20.3. The van der Waals surface area contributed by atoms with E-state index in [0.29, 0.717) is 53.3 Å². The molecule has 0 saturated heterocycles. The number of ether oxygens (including phenoxy) is 1. The molecule has 0 aromatic carbocycles. The number of hydrogen-bond acceptors (Lipinski definition) is 17. The van der Waals surface area contributed by atoms with Gasteiger partial charge in [0, 0.05) is 126 Å². The van der Waals surface area contributed by atoms with E-state index in [-0.39, 0.29) is 0 Å². The summed E-state index contributed by atoms with van der Waals surface area (Å²) in [6, 6.07) is 14.7. The van der Waals surface area contributed by atoms with Crippen LogP contribution in [-0.4, -0.2) is 123 Å². The van der Waals surface area contributed by atoms with Gasteiger partial charge in [0.05, 0.1) is 75.9 Å². The second-order valence-corrected chi connectivity index (χ2v) is 29.5. The first-order valence-corrected chi connectivity index (χ1v) is 35.9. The van der Waals surface area contributed by atoms with Gasteiger partial charge in [-0.1, -0.05) is 6.07 Å². The summed E-state index contributed by atoms with van der Waals surface area (Å²) in [7, 11) is 1.67. The third-order valence-corrected chi connectivity index (χ3v) is 22.2. The predicted octanol–water partition coefficient (Wildman–Crippen LogP) is 13.4. The number of pyridine rings is 4. The molecule has 16 aromatic heterocycles. The van der Waals surface area contributed by atoms with Crippen molar-refractivity contribution in [3.05, 3.63) is 229 Å². The third-order valence-electron chi connectivity index (χ3n) is 22.2. The number of imidazole rings is 4. The van der Waals surface area contributed by atoms with Crippen molar-refractivity contribution in [3.63, 3.8) is 0 Å². The number of aryl methyl sites for hydroxylation is 14. The lowest BCUT2D eigenvalue weighted by Crippen LogP contribution is -1.97. The molecular formula is C78H82N24O. The van der Waals surface area contributed by atoms with Gasteiger partial charge in [-0.2, -0.15) is 20.4 Å². The molecule has 0 radical (unpaired) electrons. The van der Waals surface area contributed by atoms with E-state index in [1.54, 1.807) is 13.3 Å². The highest BCUT2D eigenvalue weighted by Gasteiger charge is 2.49. The lowest BCUT2D eigenvalue weighted by atomic mass is 10.2. The zero-order valence-electron chi connectivity index (χ0n) is 60.8. The summed E-state index contributed by atoms with van der Waals surface area (Å²) in [5.41, 5.74) is 29.1. The first-order valence-electron chi connectivity index (χ1n) is 35.9. The Balaban J connectivity index is 0.0000000982. The van der Waals surface area contributed by atoms with E-state index in [4.69, 9.17) is 60.0 Å². The smallest absolute Gasteiger partial charge is 0.177 e. The van der Waals surface area contributed by atoms with E-state index in [2.05, 4.69) is 140 Å². The Morgan fingerprint density at radius 2 is 0.796 bits per heavy atom. The topological polar surface area (TPSA) is 251 Å². The SMILES string of the molecule is COc1ccn2c(C)c(C3CC3c3nc4c(C)ncc(C)n4n3)nc2c1.Cc1ccn2c(C)c(C3CC3c3nc4c(C)ncc(C)n4n3)nc2c1.Cc1ccn2c(C)c(C3CC3c3nc4cncc(C)n4n3)nc2c1C.Cc1ncc(C)n2nc(C3CC3c3nc4c(C5CC5)cccn4c3C)nc12. The minimum absolute atomic E-state index is 0.319. The molecule has 0 N–H and O–H groups in total. The van der Waals surface area contributed by atoms with Gasteiger partial charge in [0.15, 0.2) is 45.9 Å². The Morgan fingerprint density at radius 3 is 1.28 bits per heavy atom. The number of nitrogens with zero attached hydrogens (tertiary/aromatic N) is 24. The Hall–Kier alpha value is -11.2. The fourth-order valence-electron chi connectivity index (χ4n) is 15.4. The van der Waals surface area contributed by atoms with E-state index in [0.717, 1.165) is 145 Å². The average molecular weight is 1370 g/mol. The molecule has 25 nitrogen and oxygen atoms in total. The molecule has 0 bridgehead atoms. The fraction of sp³-hybridized carbons (Fsp3) is 0.385. The van der Waals surface area contributed by atoms with E-state index < -0.39 is 0 Å². The van der Waals surface area contributed by atoms with Crippen LogP contribution in [0.3, 0.4) is 0 Å². The molecule has 0 spiro atoms. The van der Waals surface area contributed by atoms with Crippen molar-refractivity contribution in [3.8, 4) is 5.75 Å². The summed E-state index contributed by atoms with van der Waals surface area (Å²) in [5, 5.41) is 18.9. The van der Waals surface area contributed by atoms with Gasteiger partial charge in [-0.15, -0.1) is 0 Å². The van der Waals surface area contributed by atoms with Gasteiger partial charge in [0.1, 0.15) is 28.3 Å². The fourth-order valence-corrected chi connectivity index (χ4v) is 15.4. The second-order valence-electron chi connectivity index (χ2n) is 29.5. The Labute approximate surface area is 593 Å². The number of methoxy groups -OCH3 is 1. The monoisotopic (exact) mass is 1370 g/mol. The van der Waals surface area contributed by atoms with Gasteiger partial charge in [-0.3, -0.25) is 19.9 Å². The molecule has 520 valence electrons. The Kier molecular flexibility index (Phi) is 14.9. The van der Waals surface area contributed by atoms with Crippen molar-refractivity contribution < 1.29 is 4.74 Å². The minimum Gasteiger partial charge on any atom is -0.497 e. The van der Waals surface area contributed by atoms with Crippen molar-refractivity contribution in [2.45, 2.75) is 189 Å². The zero-order chi connectivity index (χ0) is 70.9. The van der Waals surface area contributed by atoms with Gasteiger partial charge in [-0.25, -0.2) is 57.9 Å². The molecule has 103 heavy (non-hydrogen) atoms. The number of fused-ring (bicyclic) bond motifs is 8. The number of aromatic nitrogens is 24. The summed E-state index contributed by atoms with van der Waals surface area (Å²) in [5.74, 6) is 8.15. The molecule has 8 unspecified atom stereocenters. The van der Waals surface area contributed by atoms with Gasteiger partial charge in [-0.05, 0) is 194 Å². The molecule has 16 heterocycles. The molecule has 5 aliphatic carbocycles. The van der Waals surface area contributed by atoms with Gasteiger partial charge in [0.2, 0.25) is 0 Å². The number of hydrogen-bond donors (Lipinski definition) is 0. The van der Waals surface area contributed by atoms with Crippen LogP contribution in [0.15, 0.2) is 98.2 Å². The van der Waals surface area contributed by atoms with E-state index in [9.17, 15) is 0 Å². The first kappa shape index (κ1) is 63.9. The van der Waals surface area contributed by atoms with E-state index in [1.807, 2.05) is 110 Å². The van der Waals surface area contributed by atoms with Crippen molar-refractivity contribution >= 4 is 45.2 Å². The summed E-state index contributed by atoms with van der Waals surface area (Å²) in [6.07, 6.45) is 24.3. The van der Waals surface area contributed by atoms with Crippen LogP contribution >= 0.6 is 0 Å². The summed E-state index contributed by atoms with van der Waals surface area (Å²) < 4.78 is 21.7. The van der Waals surface area contributed by atoms with Crippen molar-refractivity contribution in [2.75, 3.05) is 7.11 Å². The highest BCUT2D eigenvalue weighted by molar-refractivity contribution is 5.58. The van der Waals surface area contributed by atoms with Crippen molar-refractivity contribution in [2.24, 2.45) is 0 Å². The average Bonchev–Trinajstić information content (AvgIpc) is 1.72. The minimum atomic E-state index is 0.319. The maximum Gasteiger partial charge on any atom is 0.177 e. The molecule has 5 saturated carbocycles. The van der Waals surface area contributed by atoms with Crippen LogP contribution in [0, 0.1) is 96.9 Å². The molecule has 5 fully saturated rings. The molecule has 0 amide bonds. The van der Waals surface area contributed by atoms with Crippen LogP contribution in [0.2, 0.25) is 0 Å². The van der Waals surface area contributed by atoms with Crippen molar-refractivity contribution in [1.82, 2.24) is 116 Å². The summed E-state index contributed by atoms with van der Waals surface area (Å²) >= 11 is 0. The quantitative estimate of drug-likeness (QED) is 0.123. The number of rotatable bonds is 10. The van der Waals surface area contributed by atoms with Gasteiger partial charge < -0.3 is 22.3 Å². The van der Waals surface area contributed by atoms with Gasteiger partial charge >= 0.3 is 0 Å². The lowest BCUT2D eigenvalue weighted by molar-refractivity contribution is 0.414. The largest absolute Gasteiger partial charge is 0.497 e. The maximum atomic E-state index is 5.31. The van der Waals surface area contributed by atoms with E-state index in [1.165, 1.54) is 75.0 Å². The molecule has 16 aromatic rings. The standard InChI is InChI=1S/C21H22N6.C19H20N6O.2C19H20N6/c1-11-10-22-12(2)20-24-19(25-27(11)20)17-9-16(17)18-13(3)26-8-4-5-15(14-6-7-14)21(26)23-18;1-10-9-20-11(2)19-22-18(23-25(10)19)15-8-14(15)17-12(3)24-6-5-13(26-4)7-16(24)21-17;1-10-5-6-24-13(4)17(22-19(24)12(10)3)14-7-15(14)18-21-16-9-20-8-11(2)25(16)23-18;1-10-5-6-24-13(4)17(21-16(24)7-10)14-8-15(14)18-22-19-12(3)20-9-11(2)25(19)23-18/h4-5,8,10,14,16-17H,6-7,9H2,1-3H3;5-7,9,14-15H,8H2,1-4H3;5-6,8-9,14-15H,7H2,1-4H3;5-7,9,14-15H,8H2,1-4H3. The maximum absolute atomic E-state index is 5.31. The third kappa shape index (κ3) is 10.9. The van der Waals surface area contributed by atoms with E-state index >= 15 is 0 Å². The summed E-state index contributed by atoms with van der Waals surface area (Å²) in [6.45, 7) is 29.0. The van der Waals surface area contributed by atoms with Crippen LogP contribution in [-0.2, 0) is 0 Å². The molecule has 0 aliphatic heterocycles. The molecular weight excluding hydrogens is 1290 g/mol. The summed E-state index contributed by atoms with van der Waals surface area (Å²) in [4.78, 5) is 56.2. The molecule has 5 aliphatic rings.